The highest BCUT2D eigenvalue weighted by molar-refractivity contribution is 6.35. The first-order valence-corrected chi connectivity index (χ1v) is 9.31. The van der Waals surface area contributed by atoms with Crippen LogP contribution in [0.3, 0.4) is 0 Å². The topological polar surface area (TPSA) is 73.3 Å². The van der Waals surface area contributed by atoms with E-state index in [1.54, 1.807) is 24.3 Å². The molecule has 28 heavy (non-hydrogen) atoms. The van der Waals surface area contributed by atoms with E-state index in [1.807, 2.05) is 42.5 Å². The highest BCUT2D eigenvalue weighted by Gasteiger charge is 2.18. The first kappa shape index (κ1) is 18.3. The largest absolute Gasteiger partial charge is 0.506 e. The molecule has 5 heteroatoms. The second-order valence-electron chi connectivity index (χ2n) is 6.56. The molecule has 3 N–H and O–H groups in total. The smallest absolute Gasteiger partial charge is 0.260 e. The molecule has 0 aliphatic heterocycles. The van der Waals surface area contributed by atoms with Crippen molar-refractivity contribution in [1.82, 2.24) is 4.98 Å². The summed E-state index contributed by atoms with van der Waals surface area (Å²) in [6.45, 7) is 0.0812. The van der Waals surface area contributed by atoms with Gasteiger partial charge >= 0.3 is 0 Å². The fourth-order valence-corrected chi connectivity index (χ4v) is 3.71. The molecule has 0 spiro atoms. The van der Waals surface area contributed by atoms with Gasteiger partial charge in [0.05, 0.1) is 16.1 Å². The molecule has 0 bridgehead atoms. The van der Waals surface area contributed by atoms with Crippen molar-refractivity contribution in [2.24, 2.45) is 0 Å². The van der Waals surface area contributed by atoms with Crippen LogP contribution in [0, 0.1) is 0 Å². The highest BCUT2D eigenvalue weighted by Crippen LogP contribution is 2.39. The van der Waals surface area contributed by atoms with Crippen LogP contribution in [-0.4, -0.2) is 21.8 Å². The molecule has 0 atom stereocenters. The van der Waals surface area contributed by atoms with E-state index in [0.29, 0.717) is 33.5 Å². The number of rotatable bonds is 4. The van der Waals surface area contributed by atoms with Gasteiger partial charge in [0.1, 0.15) is 5.75 Å². The number of benzene rings is 3. The first-order chi connectivity index (χ1) is 13.6. The van der Waals surface area contributed by atoms with Crippen molar-refractivity contribution >= 4 is 22.5 Å². The summed E-state index contributed by atoms with van der Waals surface area (Å²) in [4.78, 5) is 15.7. The van der Waals surface area contributed by atoms with E-state index in [-0.39, 0.29) is 23.5 Å². The summed E-state index contributed by atoms with van der Waals surface area (Å²) in [5, 5.41) is 21.0. The number of hydrogen-bond acceptors (Lipinski definition) is 3. The molecule has 0 saturated heterocycles. The van der Waals surface area contributed by atoms with Crippen molar-refractivity contribution in [3.8, 4) is 28.0 Å². The SMILES string of the molecule is O=c1[nH]c2c(-c3ccc(CCO)cc3)c(Cl)ccc2c(O)c1-c1ccccc1. The maximum Gasteiger partial charge on any atom is 0.260 e. The van der Waals surface area contributed by atoms with Crippen LogP contribution in [0.15, 0.2) is 71.5 Å². The molecular weight excluding hydrogens is 374 g/mol. The summed E-state index contributed by atoms with van der Waals surface area (Å²) < 4.78 is 0. The Kier molecular flexibility index (Phi) is 4.90. The van der Waals surface area contributed by atoms with Crippen LogP contribution < -0.4 is 5.56 Å². The third kappa shape index (κ3) is 3.17. The van der Waals surface area contributed by atoms with E-state index in [4.69, 9.17) is 16.7 Å². The molecule has 0 fully saturated rings. The maximum absolute atomic E-state index is 12.8. The Morgan fingerprint density at radius 3 is 2.21 bits per heavy atom. The Morgan fingerprint density at radius 2 is 1.54 bits per heavy atom. The van der Waals surface area contributed by atoms with Crippen molar-refractivity contribution in [1.29, 1.82) is 0 Å². The lowest BCUT2D eigenvalue weighted by atomic mass is 9.97. The van der Waals surface area contributed by atoms with E-state index >= 15 is 0 Å². The molecule has 0 saturated carbocycles. The number of hydrogen-bond donors (Lipinski definition) is 3. The van der Waals surface area contributed by atoms with E-state index in [2.05, 4.69) is 4.98 Å². The predicted octanol–water partition coefficient (Wildman–Crippen LogP) is 4.76. The maximum atomic E-state index is 12.8. The minimum absolute atomic E-state index is 0.0697. The molecule has 0 unspecified atom stereocenters. The lowest BCUT2D eigenvalue weighted by Crippen LogP contribution is -2.10. The van der Waals surface area contributed by atoms with Gasteiger partial charge in [-0.2, -0.15) is 0 Å². The molecule has 0 radical (unpaired) electrons. The van der Waals surface area contributed by atoms with Gasteiger partial charge in [-0.1, -0.05) is 66.2 Å². The van der Waals surface area contributed by atoms with Crippen LogP contribution in [-0.2, 0) is 6.42 Å². The lowest BCUT2D eigenvalue weighted by Gasteiger charge is -2.13. The highest BCUT2D eigenvalue weighted by atomic mass is 35.5. The minimum atomic E-state index is -0.378. The summed E-state index contributed by atoms with van der Waals surface area (Å²) in [5.74, 6) is -0.0697. The van der Waals surface area contributed by atoms with Crippen molar-refractivity contribution in [3.63, 3.8) is 0 Å². The molecule has 0 aliphatic rings. The third-order valence-corrected chi connectivity index (χ3v) is 5.13. The monoisotopic (exact) mass is 391 g/mol. The van der Waals surface area contributed by atoms with Crippen LogP contribution in [0.25, 0.3) is 33.2 Å². The second-order valence-corrected chi connectivity index (χ2v) is 6.97. The zero-order valence-electron chi connectivity index (χ0n) is 14.9. The molecule has 0 amide bonds. The van der Waals surface area contributed by atoms with Gasteiger partial charge in [0.25, 0.3) is 5.56 Å². The molecule has 3 aromatic carbocycles. The molecule has 4 nitrogen and oxygen atoms in total. The predicted molar refractivity (Wildman–Crippen MR) is 113 cm³/mol. The fourth-order valence-electron chi connectivity index (χ4n) is 3.44. The number of nitrogens with one attached hydrogen (secondary N) is 1. The summed E-state index contributed by atoms with van der Waals surface area (Å²) in [5.41, 5.74) is 3.47. The van der Waals surface area contributed by atoms with Crippen molar-refractivity contribution in [2.45, 2.75) is 6.42 Å². The number of aromatic amines is 1. The molecule has 4 rings (SSSR count). The molecule has 4 aromatic rings. The second kappa shape index (κ2) is 7.50. The number of aromatic hydroxyl groups is 1. The average molecular weight is 392 g/mol. The van der Waals surface area contributed by atoms with Crippen LogP contribution in [0.5, 0.6) is 5.75 Å². The van der Waals surface area contributed by atoms with Crippen LogP contribution in [0.1, 0.15) is 5.56 Å². The molecule has 140 valence electrons. The normalized spacial score (nSPS) is 11.1. The number of aliphatic hydroxyl groups excluding tert-OH is 1. The van der Waals surface area contributed by atoms with Crippen LogP contribution in [0.4, 0.5) is 0 Å². The number of aliphatic hydroxyl groups is 1. The molecule has 1 aromatic heterocycles. The van der Waals surface area contributed by atoms with Gasteiger partial charge in [0.15, 0.2) is 0 Å². The van der Waals surface area contributed by atoms with Gasteiger partial charge < -0.3 is 15.2 Å². The van der Waals surface area contributed by atoms with Gasteiger partial charge in [0.2, 0.25) is 0 Å². The van der Waals surface area contributed by atoms with Crippen LogP contribution >= 0.6 is 11.6 Å². The van der Waals surface area contributed by atoms with Gasteiger partial charge in [-0.25, -0.2) is 0 Å². The van der Waals surface area contributed by atoms with Gasteiger partial charge in [0, 0.05) is 17.6 Å². The standard InChI is InChI=1S/C23H18ClNO3/c24-18-11-10-17-21(19(18)16-8-6-14(7-9-16)12-13-26)25-23(28)20(22(17)27)15-4-2-1-3-5-15/h1-11,26H,12-13H2,(H2,25,27,28). The van der Waals surface area contributed by atoms with Gasteiger partial charge in [-0.15, -0.1) is 0 Å². The number of fused-ring (bicyclic) bond motifs is 1. The summed E-state index contributed by atoms with van der Waals surface area (Å²) in [6.07, 6.45) is 0.571. The zero-order chi connectivity index (χ0) is 19.7. The van der Waals surface area contributed by atoms with Gasteiger partial charge in [-0.3, -0.25) is 4.79 Å². The lowest BCUT2D eigenvalue weighted by molar-refractivity contribution is 0.299. The Hall–Kier alpha value is -3.08. The number of H-pyrrole nitrogens is 1. The molecule has 0 aliphatic carbocycles. The Morgan fingerprint density at radius 1 is 0.857 bits per heavy atom. The summed E-state index contributed by atoms with van der Waals surface area (Å²) >= 11 is 6.46. The third-order valence-electron chi connectivity index (χ3n) is 4.82. The number of pyridine rings is 1. The van der Waals surface area contributed by atoms with Crippen molar-refractivity contribution in [2.75, 3.05) is 6.61 Å². The van der Waals surface area contributed by atoms with Crippen molar-refractivity contribution in [3.05, 3.63) is 87.7 Å². The Labute approximate surface area is 166 Å². The molecular formula is C23H18ClNO3. The summed E-state index contributed by atoms with van der Waals surface area (Å²) in [7, 11) is 0. The fraction of sp³-hybridized carbons (Fsp3) is 0.0870. The molecule has 1 heterocycles. The van der Waals surface area contributed by atoms with Crippen molar-refractivity contribution < 1.29 is 10.2 Å². The number of aromatic nitrogens is 1. The summed E-state index contributed by atoms with van der Waals surface area (Å²) in [6, 6.07) is 20.1. The van der Waals surface area contributed by atoms with E-state index < -0.39 is 0 Å². The minimum Gasteiger partial charge on any atom is -0.506 e. The first-order valence-electron chi connectivity index (χ1n) is 8.93. The number of halogens is 1. The van der Waals surface area contributed by atoms with Crippen LogP contribution in [0.2, 0.25) is 5.02 Å². The average Bonchev–Trinajstić information content (AvgIpc) is 2.70. The van der Waals surface area contributed by atoms with E-state index in [9.17, 15) is 9.90 Å². The zero-order valence-corrected chi connectivity index (χ0v) is 15.7. The van der Waals surface area contributed by atoms with E-state index in [0.717, 1.165) is 11.1 Å². The van der Waals surface area contributed by atoms with Gasteiger partial charge in [-0.05, 0) is 35.2 Å². The Bertz CT molecular complexity index is 1200. The quantitative estimate of drug-likeness (QED) is 0.469. The van der Waals surface area contributed by atoms with E-state index in [1.165, 1.54) is 0 Å². The Balaban J connectivity index is 1.96.